The van der Waals surface area contributed by atoms with Crippen LogP contribution < -0.4 is 11.1 Å². The number of hydrogen-bond donors (Lipinski definition) is 2. The molecule has 0 aliphatic carbocycles. The van der Waals surface area contributed by atoms with Crippen LogP contribution in [-0.4, -0.2) is 5.91 Å². The van der Waals surface area contributed by atoms with E-state index in [4.69, 9.17) is 10.2 Å². The van der Waals surface area contributed by atoms with Gasteiger partial charge in [0.05, 0.1) is 18.2 Å². The fourth-order valence-corrected chi connectivity index (χ4v) is 2.28. The third kappa shape index (κ3) is 4.20. The van der Waals surface area contributed by atoms with Crippen LogP contribution in [0.5, 0.6) is 0 Å². The van der Waals surface area contributed by atoms with Crippen molar-refractivity contribution in [3.8, 4) is 0 Å². The monoisotopic (exact) mass is 286 g/mol. The zero-order valence-corrected chi connectivity index (χ0v) is 12.5. The van der Waals surface area contributed by atoms with Crippen LogP contribution in [0.1, 0.15) is 48.0 Å². The van der Waals surface area contributed by atoms with Gasteiger partial charge in [-0.2, -0.15) is 0 Å². The van der Waals surface area contributed by atoms with Crippen LogP contribution in [0.3, 0.4) is 0 Å². The first-order chi connectivity index (χ1) is 10.1. The Kier molecular flexibility index (Phi) is 5.17. The summed E-state index contributed by atoms with van der Waals surface area (Å²) in [5, 5.41) is 3.08. The van der Waals surface area contributed by atoms with Gasteiger partial charge in [0.2, 0.25) is 0 Å². The van der Waals surface area contributed by atoms with Crippen molar-refractivity contribution < 1.29 is 9.21 Å². The highest BCUT2D eigenvalue weighted by Crippen LogP contribution is 2.22. The van der Waals surface area contributed by atoms with Gasteiger partial charge in [0.25, 0.3) is 5.91 Å². The Morgan fingerprint density at radius 3 is 2.57 bits per heavy atom. The molecule has 4 heteroatoms. The van der Waals surface area contributed by atoms with Gasteiger partial charge in [0.15, 0.2) is 0 Å². The van der Waals surface area contributed by atoms with Crippen LogP contribution >= 0.6 is 0 Å². The van der Waals surface area contributed by atoms with Gasteiger partial charge in [-0.1, -0.05) is 44.2 Å². The third-order valence-electron chi connectivity index (χ3n) is 3.33. The van der Waals surface area contributed by atoms with Gasteiger partial charge in [-0.3, -0.25) is 4.79 Å². The summed E-state index contributed by atoms with van der Waals surface area (Å²) in [7, 11) is 0. The molecule has 1 aromatic carbocycles. The van der Waals surface area contributed by atoms with Gasteiger partial charge in [0.1, 0.15) is 12.0 Å². The number of carbonyl (C=O) groups is 1. The maximum atomic E-state index is 12.3. The van der Waals surface area contributed by atoms with Crippen molar-refractivity contribution in [2.75, 3.05) is 0 Å². The van der Waals surface area contributed by atoms with Gasteiger partial charge in [-0.25, -0.2) is 0 Å². The molecule has 1 amide bonds. The van der Waals surface area contributed by atoms with E-state index in [-0.39, 0.29) is 11.9 Å². The lowest BCUT2D eigenvalue weighted by atomic mass is 9.97. The van der Waals surface area contributed by atoms with Crippen LogP contribution in [0.4, 0.5) is 0 Å². The topological polar surface area (TPSA) is 68.3 Å². The summed E-state index contributed by atoms with van der Waals surface area (Å²) in [6.07, 6.45) is 2.34. The molecule has 1 atom stereocenters. The summed E-state index contributed by atoms with van der Waals surface area (Å²) in [5.74, 6) is 0.965. The number of nitrogens with one attached hydrogen (secondary N) is 1. The fourth-order valence-electron chi connectivity index (χ4n) is 2.28. The van der Waals surface area contributed by atoms with Crippen LogP contribution in [0, 0.1) is 5.92 Å². The summed E-state index contributed by atoms with van der Waals surface area (Å²) < 4.78 is 5.22. The molecule has 0 bridgehead atoms. The van der Waals surface area contributed by atoms with Crippen molar-refractivity contribution in [2.24, 2.45) is 11.7 Å². The van der Waals surface area contributed by atoms with E-state index in [9.17, 15) is 4.79 Å². The number of amides is 1. The van der Waals surface area contributed by atoms with E-state index in [0.717, 1.165) is 12.0 Å². The molecular formula is C17H22N2O2. The number of hydrogen-bond acceptors (Lipinski definition) is 3. The van der Waals surface area contributed by atoms with E-state index >= 15 is 0 Å². The van der Waals surface area contributed by atoms with Crippen molar-refractivity contribution in [1.82, 2.24) is 5.32 Å². The lowest BCUT2D eigenvalue weighted by Crippen LogP contribution is -2.29. The quantitative estimate of drug-likeness (QED) is 0.856. The molecule has 0 saturated heterocycles. The van der Waals surface area contributed by atoms with Gasteiger partial charge >= 0.3 is 0 Å². The van der Waals surface area contributed by atoms with E-state index < -0.39 is 0 Å². The molecule has 0 spiro atoms. The number of rotatable bonds is 6. The molecular weight excluding hydrogens is 264 g/mol. The van der Waals surface area contributed by atoms with E-state index in [1.807, 2.05) is 30.3 Å². The molecule has 3 N–H and O–H groups in total. The lowest BCUT2D eigenvalue weighted by Gasteiger charge is -2.20. The zero-order chi connectivity index (χ0) is 15.2. The second-order valence-electron chi connectivity index (χ2n) is 5.57. The van der Waals surface area contributed by atoms with Crippen LogP contribution in [0.2, 0.25) is 0 Å². The summed E-state index contributed by atoms with van der Waals surface area (Å²) in [4.78, 5) is 12.3. The number of carbonyl (C=O) groups excluding carboxylic acids is 1. The summed E-state index contributed by atoms with van der Waals surface area (Å²) in [6.45, 7) is 4.58. The molecule has 0 radical (unpaired) electrons. The number of benzene rings is 1. The third-order valence-corrected chi connectivity index (χ3v) is 3.33. The largest absolute Gasteiger partial charge is 0.467 e. The Bertz CT molecular complexity index is 575. The average molecular weight is 286 g/mol. The van der Waals surface area contributed by atoms with E-state index in [2.05, 4.69) is 19.2 Å². The van der Waals surface area contributed by atoms with Crippen molar-refractivity contribution in [1.29, 1.82) is 0 Å². The second-order valence-corrected chi connectivity index (χ2v) is 5.57. The van der Waals surface area contributed by atoms with E-state index in [0.29, 0.717) is 23.8 Å². The smallest absolute Gasteiger partial charge is 0.255 e. The molecule has 0 saturated carbocycles. The molecule has 1 heterocycles. The predicted octanol–water partition coefficient (Wildman–Crippen LogP) is 3.26. The molecule has 21 heavy (non-hydrogen) atoms. The highest BCUT2D eigenvalue weighted by Gasteiger charge is 2.18. The number of furan rings is 1. The minimum Gasteiger partial charge on any atom is -0.467 e. The molecule has 112 valence electrons. The van der Waals surface area contributed by atoms with Gasteiger partial charge in [-0.15, -0.1) is 0 Å². The maximum Gasteiger partial charge on any atom is 0.255 e. The van der Waals surface area contributed by atoms with Crippen molar-refractivity contribution in [3.05, 3.63) is 59.5 Å². The van der Waals surface area contributed by atoms with Gasteiger partial charge in [-0.05, 0) is 24.0 Å². The first-order valence-corrected chi connectivity index (χ1v) is 7.23. The van der Waals surface area contributed by atoms with Crippen molar-refractivity contribution in [2.45, 2.75) is 32.9 Å². The highest BCUT2D eigenvalue weighted by atomic mass is 16.3. The van der Waals surface area contributed by atoms with Gasteiger partial charge < -0.3 is 15.5 Å². The predicted molar refractivity (Wildman–Crippen MR) is 82.7 cm³/mol. The van der Waals surface area contributed by atoms with E-state index in [1.54, 1.807) is 6.07 Å². The Hall–Kier alpha value is -2.07. The second kappa shape index (κ2) is 7.09. The van der Waals surface area contributed by atoms with Crippen molar-refractivity contribution >= 4 is 5.91 Å². The Morgan fingerprint density at radius 2 is 2.00 bits per heavy atom. The molecule has 1 aromatic heterocycles. The van der Waals surface area contributed by atoms with Crippen LogP contribution in [0.15, 0.2) is 47.1 Å². The summed E-state index contributed by atoms with van der Waals surface area (Å²) >= 11 is 0. The highest BCUT2D eigenvalue weighted by molar-refractivity contribution is 5.94. The molecule has 2 aromatic rings. The Morgan fingerprint density at radius 1 is 1.29 bits per heavy atom. The molecule has 0 fully saturated rings. The lowest BCUT2D eigenvalue weighted by molar-refractivity contribution is 0.0931. The molecule has 2 rings (SSSR count). The fraction of sp³-hybridized carbons (Fsp3) is 0.353. The molecule has 0 aliphatic heterocycles. The van der Waals surface area contributed by atoms with Crippen molar-refractivity contribution in [3.63, 3.8) is 0 Å². The minimum atomic E-state index is -0.132. The van der Waals surface area contributed by atoms with Crippen LogP contribution in [0.25, 0.3) is 0 Å². The Labute approximate surface area is 125 Å². The number of nitrogens with two attached hydrogens (primary N) is 1. The SMILES string of the molecule is CC(C)CC(NC(=O)c1coc(CN)c1)c1ccccc1. The maximum absolute atomic E-state index is 12.3. The normalized spacial score (nSPS) is 12.4. The molecule has 0 aliphatic rings. The summed E-state index contributed by atoms with van der Waals surface area (Å²) in [5.41, 5.74) is 7.12. The Balaban J connectivity index is 2.13. The van der Waals surface area contributed by atoms with E-state index in [1.165, 1.54) is 6.26 Å². The molecule has 1 unspecified atom stereocenters. The van der Waals surface area contributed by atoms with Crippen LogP contribution in [-0.2, 0) is 6.54 Å². The summed E-state index contributed by atoms with van der Waals surface area (Å²) in [6, 6.07) is 11.7. The zero-order valence-electron chi connectivity index (χ0n) is 12.5. The van der Waals surface area contributed by atoms with Gasteiger partial charge in [0, 0.05) is 0 Å². The minimum absolute atomic E-state index is 0.00470. The average Bonchev–Trinajstić information content (AvgIpc) is 2.96. The molecule has 4 nitrogen and oxygen atoms in total. The first-order valence-electron chi connectivity index (χ1n) is 7.23. The first kappa shape index (κ1) is 15.3. The standard InChI is InChI=1S/C17H22N2O2/c1-12(2)8-16(13-6-4-3-5-7-13)19-17(20)14-9-15(10-18)21-11-14/h3-7,9,11-12,16H,8,10,18H2,1-2H3,(H,19,20).